The van der Waals surface area contributed by atoms with Gasteiger partial charge in [-0.1, -0.05) is 12.1 Å². The molecule has 1 saturated heterocycles. The van der Waals surface area contributed by atoms with E-state index in [9.17, 15) is 13.2 Å². The van der Waals surface area contributed by atoms with E-state index >= 15 is 0 Å². The quantitative estimate of drug-likeness (QED) is 0.720. The highest BCUT2D eigenvalue weighted by Crippen LogP contribution is 2.39. The summed E-state index contributed by atoms with van der Waals surface area (Å²) in [4.78, 5) is 1.86. The average molecular weight is 243 g/mol. The lowest BCUT2D eigenvalue weighted by molar-refractivity contribution is -0.137. The summed E-state index contributed by atoms with van der Waals surface area (Å²) in [5, 5.41) is 0. The molecule has 94 valence electrons. The van der Waals surface area contributed by atoms with Crippen molar-refractivity contribution in [1.29, 1.82) is 0 Å². The molecule has 0 aliphatic carbocycles. The maximum absolute atomic E-state index is 13.0. The molecule has 2 rings (SSSR count). The second kappa shape index (κ2) is 4.59. The Morgan fingerprint density at radius 2 is 1.71 bits per heavy atom. The van der Waals surface area contributed by atoms with E-state index in [0.717, 1.165) is 32.4 Å². The van der Waals surface area contributed by atoms with Crippen LogP contribution in [0.1, 0.15) is 30.4 Å². The zero-order valence-electron chi connectivity index (χ0n) is 9.85. The van der Waals surface area contributed by atoms with E-state index in [0.29, 0.717) is 11.3 Å². The van der Waals surface area contributed by atoms with E-state index < -0.39 is 11.7 Å². The zero-order chi connectivity index (χ0) is 12.5. The van der Waals surface area contributed by atoms with Crippen LogP contribution in [-0.4, -0.2) is 13.1 Å². The van der Waals surface area contributed by atoms with Gasteiger partial charge in [0.05, 0.1) is 5.56 Å². The molecule has 1 fully saturated rings. The molecule has 0 radical (unpaired) electrons. The van der Waals surface area contributed by atoms with Crippen LogP contribution in [0.3, 0.4) is 0 Å². The Bertz CT molecular complexity index is 392. The average Bonchev–Trinajstić information content (AvgIpc) is 2.28. The van der Waals surface area contributed by atoms with E-state index in [2.05, 4.69) is 0 Å². The van der Waals surface area contributed by atoms with Crippen LogP contribution in [0.2, 0.25) is 0 Å². The van der Waals surface area contributed by atoms with Crippen molar-refractivity contribution >= 4 is 5.69 Å². The lowest BCUT2D eigenvalue weighted by atomic mass is 10.0. The van der Waals surface area contributed by atoms with Crippen LogP contribution in [0.15, 0.2) is 18.2 Å². The van der Waals surface area contributed by atoms with Crippen molar-refractivity contribution in [3.8, 4) is 0 Å². The molecule has 1 aliphatic rings. The first-order valence-electron chi connectivity index (χ1n) is 5.92. The van der Waals surface area contributed by atoms with Gasteiger partial charge in [0.1, 0.15) is 0 Å². The van der Waals surface area contributed by atoms with Crippen LogP contribution in [-0.2, 0) is 6.18 Å². The summed E-state index contributed by atoms with van der Waals surface area (Å²) in [7, 11) is 0. The lowest BCUT2D eigenvalue weighted by Gasteiger charge is -2.31. The monoisotopic (exact) mass is 243 g/mol. The highest BCUT2D eigenvalue weighted by Gasteiger charge is 2.36. The summed E-state index contributed by atoms with van der Waals surface area (Å²) in [5.41, 5.74) is 0.180. The van der Waals surface area contributed by atoms with Gasteiger partial charge in [-0.2, -0.15) is 13.2 Å². The van der Waals surface area contributed by atoms with Crippen molar-refractivity contribution in [1.82, 2.24) is 0 Å². The van der Waals surface area contributed by atoms with Crippen LogP contribution in [0, 0.1) is 6.92 Å². The van der Waals surface area contributed by atoms with Crippen LogP contribution >= 0.6 is 0 Å². The number of aryl methyl sites for hydroxylation is 1. The molecule has 0 amide bonds. The van der Waals surface area contributed by atoms with Gasteiger partial charge in [0.25, 0.3) is 0 Å². The molecular weight excluding hydrogens is 227 g/mol. The number of halogens is 3. The number of anilines is 1. The van der Waals surface area contributed by atoms with Gasteiger partial charge in [-0.05, 0) is 37.8 Å². The van der Waals surface area contributed by atoms with E-state index in [1.165, 1.54) is 13.0 Å². The SMILES string of the molecule is Cc1cccc(N2CCCCC2)c1C(F)(F)F. The van der Waals surface area contributed by atoms with Crippen molar-refractivity contribution in [2.75, 3.05) is 18.0 Å². The van der Waals surface area contributed by atoms with Crippen LogP contribution < -0.4 is 4.90 Å². The van der Waals surface area contributed by atoms with Crippen molar-refractivity contribution in [2.24, 2.45) is 0 Å². The van der Waals surface area contributed by atoms with Crippen molar-refractivity contribution < 1.29 is 13.2 Å². The Balaban J connectivity index is 2.42. The standard InChI is InChI=1S/C13H16F3N/c1-10-6-5-7-11(12(10)13(14,15)16)17-8-3-2-4-9-17/h5-7H,2-4,8-9H2,1H3. The minimum Gasteiger partial charge on any atom is -0.371 e. The van der Waals surface area contributed by atoms with E-state index in [1.54, 1.807) is 12.1 Å². The van der Waals surface area contributed by atoms with Gasteiger partial charge in [-0.3, -0.25) is 0 Å². The normalized spacial score (nSPS) is 17.3. The zero-order valence-corrected chi connectivity index (χ0v) is 9.85. The number of hydrogen-bond donors (Lipinski definition) is 0. The molecule has 1 aromatic rings. The molecule has 0 spiro atoms. The molecule has 1 nitrogen and oxygen atoms in total. The first-order chi connectivity index (χ1) is 8.00. The smallest absolute Gasteiger partial charge is 0.371 e. The van der Waals surface area contributed by atoms with E-state index in [1.807, 2.05) is 4.90 Å². The molecule has 0 atom stereocenters. The Morgan fingerprint density at radius 1 is 1.06 bits per heavy atom. The summed E-state index contributed by atoms with van der Waals surface area (Å²) in [6, 6.07) is 4.81. The maximum atomic E-state index is 13.0. The topological polar surface area (TPSA) is 3.24 Å². The molecule has 0 unspecified atom stereocenters. The highest BCUT2D eigenvalue weighted by molar-refractivity contribution is 5.58. The molecule has 0 bridgehead atoms. The fraction of sp³-hybridized carbons (Fsp3) is 0.538. The largest absolute Gasteiger partial charge is 0.418 e. The fourth-order valence-corrected chi connectivity index (χ4v) is 2.42. The van der Waals surface area contributed by atoms with Gasteiger partial charge in [0.15, 0.2) is 0 Å². The molecule has 0 aromatic heterocycles. The Morgan fingerprint density at radius 3 is 2.29 bits per heavy atom. The summed E-state index contributed by atoms with van der Waals surface area (Å²) < 4.78 is 39.1. The molecule has 17 heavy (non-hydrogen) atoms. The lowest BCUT2D eigenvalue weighted by Crippen LogP contribution is -2.31. The molecule has 1 aromatic carbocycles. The molecule has 0 N–H and O–H groups in total. The van der Waals surface area contributed by atoms with Gasteiger partial charge in [-0.25, -0.2) is 0 Å². The first-order valence-corrected chi connectivity index (χ1v) is 5.92. The van der Waals surface area contributed by atoms with Crippen LogP contribution in [0.25, 0.3) is 0 Å². The number of nitrogens with zero attached hydrogens (tertiary/aromatic N) is 1. The van der Waals surface area contributed by atoms with Crippen molar-refractivity contribution in [3.63, 3.8) is 0 Å². The number of alkyl halides is 3. The Hall–Kier alpha value is -1.19. The molecule has 4 heteroatoms. The predicted molar refractivity (Wildman–Crippen MR) is 62.2 cm³/mol. The van der Waals surface area contributed by atoms with Crippen LogP contribution in [0.4, 0.5) is 18.9 Å². The molecule has 0 saturated carbocycles. The Kier molecular flexibility index (Phi) is 3.31. The summed E-state index contributed by atoms with van der Waals surface area (Å²) in [6.07, 6.45) is -1.20. The van der Waals surface area contributed by atoms with Gasteiger partial charge < -0.3 is 4.90 Å². The Labute approximate surface area is 99.2 Å². The summed E-state index contributed by atoms with van der Waals surface area (Å²) >= 11 is 0. The fourth-order valence-electron chi connectivity index (χ4n) is 2.42. The number of piperidine rings is 1. The maximum Gasteiger partial charge on any atom is 0.418 e. The van der Waals surface area contributed by atoms with Crippen molar-refractivity contribution in [3.05, 3.63) is 29.3 Å². The van der Waals surface area contributed by atoms with Gasteiger partial charge in [0.2, 0.25) is 0 Å². The minimum absolute atomic E-state index is 0.306. The third-order valence-corrected chi connectivity index (χ3v) is 3.23. The second-order valence-electron chi connectivity index (χ2n) is 4.51. The number of benzene rings is 1. The summed E-state index contributed by atoms with van der Waals surface area (Å²) in [5.74, 6) is 0. The molecule has 1 aliphatic heterocycles. The molecular formula is C13H16F3N. The number of rotatable bonds is 1. The van der Waals surface area contributed by atoms with Crippen LogP contribution in [0.5, 0.6) is 0 Å². The number of hydrogen-bond acceptors (Lipinski definition) is 1. The van der Waals surface area contributed by atoms with E-state index in [4.69, 9.17) is 0 Å². The third-order valence-electron chi connectivity index (χ3n) is 3.23. The highest BCUT2D eigenvalue weighted by atomic mass is 19.4. The van der Waals surface area contributed by atoms with E-state index in [-0.39, 0.29) is 0 Å². The first kappa shape index (κ1) is 12.3. The van der Waals surface area contributed by atoms with Crippen molar-refractivity contribution in [2.45, 2.75) is 32.4 Å². The summed E-state index contributed by atoms with van der Waals surface area (Å²) in [6.45, 7) is 2.98. The van der Waals surface area contributed by atoms with Gasteiger partial charge in [0, 0.05) is 18.8 Å². The second-order valence-corrected chi connectivity index (χ2v) is 4.51. The molecule has 1 heterocycles. The van der Waals surface area contributed by atoms with Gasteiger partial charge >= 0.3 is 6.18 Å². The van der Waals surface area contributed by atoms with Gasteiger partial charge in [-0.15, -0.1) is 0 Å². The minimum atomic E-state index is -4.27. The third kappa shape index (κ3) is 2.56. The predicted octanol–water partition coefficient (Wildman–Crippen LogP) is 4.00.